The summed E-state index contributed by atoms with van der Waals surface area (Å²) in [5.41, 5.74) is 2.11. The maximum atomic E-state index is 13.4. The normalized spacial score (nSPS) is 11.6. The first-order chi connectivity index (χ1) is 7.71. The summed E-state index contributed by atoms with van der Waals surface area (Å²) in [7, 11) is 3.37. The van der Waals surface area contributed by atoms with E-state index in [-0.39, 0.29) is 11.6 Å². The summed E-state index contributed by atoms with van der Waals surface area (Å²) >= 11 is 0. The fraction of sp³-hybridized carbons (Fsp3) is 0.385. The Balaban J connectivity index is 2.92. The number of ether oxygens (including phenoxy) is 1. The van der Waals surface area contributed by atoms with E-state index in [2.05, 4.69) is 12.2 Å². The zero-order valence-corrected chi connectivity index (χ0v) is 10.0. The lowest BCUT2D eigenvalue weighted by molar-refractivity contribution is 0.386. The second-order valence-corrected chi connectivity index (χ2v) is 3.58. The lowest BCUT2D eigenvalue weighted by atomic mass is 10.1. The molecular weight excluding hydrogens is 205 g/mol. The number of benzene rings is 1. The Kier molecular flexibility index (Phi) is 4.99. The van der Waals surface area contributed by atoms with Crippen LogP contribution in [0.5, 0.6) is 5.75 Å². The molecule has 16 heavy (non-hydrogen) atoms. The first-order valence-electron chi connectivity index (χ1n) is 5.38. The molecule has 0 unspecified atom stereocenters. The Morgan fingerprint density at radius 1 is 1.50 bits per heavy atom. The van der Waals surface area contributed by atoms with Crippen molar-refractivity contribution in [1.82, 2.24) is 5.32 Å². The molecule has 0 aliphatic rings. The highest BCUT2D eigenvalue weighted by molar-refractivity contribution is 5.54. The van der Waals surface area contributed by atoms with Gasteiger partial charge in [0.15, 0.2) is 11.6 Å². The lowest BCUT2D eigenvalue weighted by Gasteiger charge is -2.05. The van der Waals surface area contributed by atoms with E-state index in [1.807, 2.05) is 19.2 Å². The third-order valence-electron chi connectivity index (χ3n) is 2.40. The highest BCUT2D eigenvalue weighted by atomic mass is 19.1. The monoisotopic (exact) mass is 223 g/mol. The van der Waals surface area contributed by atoms with Gasteiger partial charge in [-0.1, -0.05) is 24.6 Å². The minimum Gasteiger partial charge on any atom is -0.494 e. The van der Waals surface area contributed by atoms with Gasteiger partial charge in [0.2, 0.25) is 0 Å². The van der Waals surface area contributed by atoms with Crippen LogP contribution >= 0.6 is 0 Å². The van der Waals surface area contributed by atoms with Crippen molar-refractivity contribution in [2.75, 3.05) is 20.7 Å². The minimum absolute atomic E-state index is 0.281. The minimum atomic E-state index is -0.323. The van der Waals surface area contributed by atoms with Crippen molar-refractivity contribution in [3.8, 4) is 5.75 Å². The van der Waals surface area contributed by atoms with Crippen LogP contribution in [0.2, 0.25) is 0 Å². The van der Waals surface area contributed by atoms with Gasteiger partial charge >= 0.3 is 0 Å². The number of likely N-dealkylation sites (N-methyl/N-ethyl adjacent to an activating group) is 1. The average Bonchev–Trinajstić information content (AvgIpc) is 2.28. The van der Waals surface area contributed by atoms with Crippen molar-refractivity contribution in [3.63, 3.8) is 0 Å². The van der Waals surface area contributed by atoms with E-state index in [1.54, 1.807) is 6.07 Å². The summed E-state index contributed by atoms with van der Waals surface area (Å²) in [6, 6.07) is 4.99. The molecule has 1 aromatic carbocycles. The van der Waals surface area contributed by atoms with E-state index in [1.165, 1.54) is 18.7 Å². The van der Waals surface area contributed by atoms with E-state index in [0.29, 0.717) is 0 Å². The summed E-state index contributed by atoms with van der Waals surface area (Å²) in [6.07, 6.45) is 2.95. The Morgan fingerprint density at radius 3 is 2.75 bits per heavy atom. The zero-order chi connectivity index (χ0) is 12.0. The number of halogens is 1. The van der Waals surface area contributed by atoms with Crippen LogP contribution in [0.25, 0.3) is 6.08 Å². The Labute approximate surface area is 96.1 Å². The highest BCUT2D eigenvalue weighted by Crippen LogP contribution is 2.19. The van der Waals surface area contributed by atoms with Crippen LogP contribution in [0.4, 0.5) is 4.39 Å². The van der Waals surface area contributed by atoms with Crippen molar-refractivity contribution in [1.29, 1.82) is 0 Å². The number of hydrogen-bond acceptors (Lipinski definition) is 2. The van der Waals surface area contributed by atoms with Crippen molar-refractivity contribution in [3.05, 3.63) is 35.2 Å². The molecule has 0 aliphatic carbocycles. The van der Waals surface area contributed by atoms with Crippen molar-refractivity contribution in [2.24, 2.45) is 0 Å². The van der Waals surface area contributed by atoms with Crippen LogP contribution in [0, 0.1) is 5.82 Å². The number of rotatable bonds is 5. The van der Waals surface area contributed by atoms with Crippen LogP contribution in [-0.4, -0.2) is 20.7 Å². The second-order valence-electron chi connectivity index (χ2n) is 3.58. The van der Waals surface area contributed by atoms with Crippen molar-refractivity contribution >= 4 is 6.08 Å². The molecule has 0 heterocycles. The molecule has 0 amide bonds. The molecule has 0 saturated carbocycles. The van der Waals surface area contributed by atoms with Crippen molar-refractivity contribution < 1.29 is 9.13 Å². The van der Waals surface area contributed by atoms with Gasteiger partial charge in [0, 0.05) is 6.54 Å². The topological polar surface area (TPSA) is 21.3 Å². The van der Waals surface area contributed by atoms with E-state index >= 15 is 0 Å². The third kappa shape index (κ3) is 3.35. The van der Waals surface area contributed by atoms with Crippen LogP contribution in [-0.2, 0) is 0 Å². The Hall–Kier alpha value is -1.35. The summed E-state index contributed by atoms with van der Waals surface area (Å²) in [5.74, 6) is -0.0417. The van der Waals surface area contributed by atoms with Gasteiger partial charge in [0.25, 0.3) is 0 Å². The van der Waals surface area contributed by atoms with Gasteiger partial charge in [0.1, 0.15) is 0 Å². The molecule has 0 fully saturated rings. The van der Waals surface area contributed by atoms with E-state index in [9.17, 15) is 4.39 Å². The molecular formula is C13H18FNO. The number of hydrogen-bond donors (Lipinski definition) is 1. The summed E-state index contributed by atoms with van der Waals surface area (Å²) < 4.78 is 18.3. The van der Waals surface area contributed by atoms with Crippen LogP contribution in [0.15, 0.2) is 23.8 Å². The van der Waals surface area contributed by atoms with Gasteiger partial charge < -0.3 is 10.1 Å². The smallest absolute Gasteiger partial charge is 0.165 e. The number of nitrogens with one attached hydrogen (secondary N) is 1. The van der Waals surface area contributed by atoms with Gasteiger partial charge in [-0.2, -0.15) is 0 Å². The van der Waals surface area contributed by atoms with Gasteiger partial charge in [-0.15, -0.1) is 0 Å². The van der Waals surface area contributed by atoms with Gasteiger partial charge in [-0.05, 0) is 31.2 Å². The summed E-state index contributed by atoms with van der Waals surface area (Å²) in [4.78, 5) is 0. The first kappa shape index (κ1) is 12.7. The molecule has 0 aliphatic heterocycles. The molecule has 0 aromatic heterocycles. The first-order valence-corrected chi connectivity index (χ1v) is 5.38. The summed E-state index contributed by atoms with van der Waals surface area (Å²) in [6.45, 7) is 2.91. The lowest BCUT2D eigenvalue weighted by Crippen LogP contribution is -2.09. The quantitative estimate of drug-likeness (QED) is 0.828. The molecule has 1 N–H and O–H groups in total. The van der Waals surface area contributed by atoms with Gasteiger partial charge in [-0.3, -0.25) is 0 Å². The highest BCUT2D eigenvalue weighted by Gasteiger charge is 2.02. The molecule has 1 aromatic rings. The predicted molar refractivity (Wildman–Crippen MR) is 65.1 cm³/mol. The van der Waals surface area contributed by atoms with Gasteiger partial charge in [-0.25, -0.2) is 4.39 Å². The third-order valence-corrected chi connectivity index (χ3v) is 2.40. The molecule has 0 bridgehead atoms. The molecule has 0 radical (unpaired) electrons. The summed E-state index contributed by atoms with van der Waals surface area (Å²) in [5, 5.41) is 3.09. The molecule has 0 saturated heterocycles. The Bertz CT molecular complexity index is 374. The average molecular weight is 223 g/mol. The Morgan fingerprint density at radius 2 is 2.25 bits per heavy atom. The van der Waals surface area contributed by atoms with Crippen LogP contribution in [0.3, 0.4) is 0 Å². The maximum absolute atomic E-state index is 13.4. The molecule has 2 nitrogen and oxygen atoms in total. The molecule has 1 rings (SSSR count). The van der Waals surface area contributed by atoms with Crippen LogP contribution < -0.4 is 10.1 Å². The van der Waals surface area contributed by atoms with E-state index in [0.717, 1.165) is 18.5 Å². The van der Waals surface area contributed by atoms with E-state index in [4.69, 9.17) is 4.74 Å². The zero-order valence-electron chi connectivity index (χ0n) is 10.0. The van der Waals surface area contributed by atoms with Crippen LogP contribution in [0.1, 0.15) is 18.9 Å². The predicted octanol–water partition coefficient (Wildman–Crippen LogP) is 2.85. The maximum Gasteiger partial charge on any atom is 0.165 e. The SMILES string of the molecule is CCC(=Cc1ccc(OC)c(F)c1)CNC. The molecule has 0 atom stereocenters. The molecule has 0 spiro atoms. The fourth-order valence-corrected chi connectivity index (χ4v) is 1.51. The van der Waals surface area contributed by atoms with Gasteiger partial charge in [0.05, 0.1) is 7.11 Å². The molecule has 3 heteroatoms. The standard InChI is InChI=1S/C13H18FNO/c1-4-10(9-15-2)7-11-5-6-13(16-3)12(14)8-11/h5-8,15H,4,9H2,1-3H3. The fourth-order valence-electron chi connectivity index (χ4n) is 1.51. The van der Waals surface area contributed by atoms with E-state index < -0.39 is 0 Å². The number of methoxy groups -OCH3 is 1. The second kappa shape index (κ2) is 6.28. The largest absolute Gasteiger partial charge is 0.494 e. The molecule has 88 valence electrons. The van der Waals surface area contributed by atoms with Crippen molar-refractivity contribution in [2.45, 2.75) is 13.3 Å².